The molecule has 0 radical (unpaired) electrons. The Labute approximate surface area is 197 Å². The average molecular weight is 483 g/mol. The number of primary amides is 1. The number of aliphatic hydroxyl groups excluding tert-OH is 3. The number of aliphatic hydroxyl groups is 4. The Kier molecular flexibility index (Phi) is 4.83. The van der Waals surface area contributed by atoms with Crippen LogP contribution in [0.3, 0.4) is 0 Å². The van der Waals surface area contributed by atoms with Crippen LogP contribution in [0.5, 0.6) is 5.75 Å². The van der Waals surface area contributed by atoms with Crippen LogP contribution in [-0.2, 0) is 19.1 Å². The molecule has 35 heavy (non-hydrogen) atoms. The number of rotatable bonds is 2. The zero-order valence-electron chi connectivity index (χ0n) is 18.3. The van der Waals surface area contributed by atoms with Crippen LogP contribution in [0.2, 0.25) is 0 Å². The summed E-state index contributed by atoms with van der Waals surface area (Å²) in [7, 11) is 0. The molecule has 5 atom stereocenters. The third-order valence-electron chi connectivity index (χ3n) is 7.25. The molecule has 0 spiro atoms. The van der Waals surface area contributed by atoms with Crippen LogP contribution in [0, 0.1) is 11.8 Å². The van der Waals surface area contributed by atoms with Gasteiger partial charge in [0.1, 0.15) is 41.6 Å². The van der Waals surface area contributed by atoms with Crippen LogP contribution in [0.15, 0.2) is 53.6 Å². The molecule has 0 unspecified atom stereocenters. The largest absolute Gasteiger partial charge is 0.511 e. The predicted molar refractivity (Wildman–Crippen MR) is 116 cm³/mol. The number of nitrogens with two attached hydrogens (primary N) is 1. The van der Waals surface area contributed by atoms with Gasteiger partial charge in [0.15, 0.2) is 17.1 Å². The highest BCUT2D eigenvalue weighted by Gasteiger charge is 2.64. The quantitative estimate of drug-likeness (QED) is 0.329. The molecule has 1 heterocycles. The van der Waals surface area contributed by atoms with E-state index in [0.29, 0.717) is 11.1 Å². The number of allylic oxidation sites excluding steroid dienone is 1. The van der Waals surface area contributed by atoms with E-state index >= 15 is 0 Å². The van der Waals surface area contributed by atoms with Crippen LogP contribution in [-0.4, -0.2) is 54.7 Å². The van der Waals surface area contributed by atoms with E-state index in [4.69, 9.17) is 15.2 Å². The van der Waals surface area contributed by atoms with Gasteiger partial charge in [-0.15, -0.1) is 0 Å². The highest BCUT2D eigenvalue weighted by Crippen LogP contribution is 2.55. The Morgan fingerprint density at radius 3 is 2.51 bits per heavy atom. The van der Waals surface area contributed by atoms with Crippen LogP contribution < -0.4 is 5.73 Å². The maximum Gasteiger partial charge on any atom is 0.255 e. The molecule has 0 saturated carbocycles. The first kappa shape index (κ1) is 22.7. The molecule has 4 aliphatic rings. The summed E-state index contributed by atoms with van der Waals surface area (Å²) in [6, 6.07) is 2.75. The van der Waals surface area contributed by atoms with Crippen molar-refractivity contribution in [3.63, 3.8) is 0 Å². The first-order valence-corrected chi connectivity index (χ1v) is 10.7. The molecule has 1 amide bonds. The first-order chi connectivity index (χ1) is 16.5. The lowest BCUT2D eigenvalue weighted by atomic mass is 9.56. The minimum absolute atomic E-state index is 0.210. The number of Topliss-reactive ketones (excluding diaryl/α,β-unsaturated/α-hetero) is 2. The zero-order chi connectivity index (χ0) is 25.4. The van der Waals surface area contributed by atoms with Gasteiger partial charge in [-0.05, 0) is 23.6 Å². The van der Waals surface area contributed by atoms with Crippen molar-refractivity contribution < 1.29 is 49.4 Å². The zero-order valence-corrected chi connectivity index (χ0v) is 18.3. The number of phenols is 1. The Balaban J connectivity index is 1.75. The highest BCUT2D eigenvalue weighted by molar-refractivity contribution is 6.24. The normalized spacial score (nSPS) is 31.7. The molecule has 5 rings (SSSR count). The Morgan fingerprint density at radius 1 is 1.17 bits per heavy atom. The molecule has 1 aromatic rings. The number of ether oxygens (including phenoxy) is 2. The summed E-state index contributed by atoms with van der Waals surface area (Å²) < 4.78 is 10.6. The molecule has 11 heteroatoms. The summed E-state index contributed by atoms with van der Waals surface area (Å²) in [5.74, 6) is -9.05. The van der Waals surface area contributed by atoms with E-state index in [-0.39, 0.29) is 11.3 Å². The van der Waals surface area contributed by atoms with Crippen molar-refractivity contribution in [3.05, 3.63) is 70.3 Å². The molecule has 11 nitrogen and oxygen atoms in total. The highest BCUT2D eigenvalue weighted by atomic mass is 16.5. The fourth-order valence-electron chi connectivity index (χ4n) is 5.68. The van der Waals surface area contributed by atoms with Crippen molar-refractivity contribution in [1.29, 1.82) is 0 Å². The van der Waals surface area contributed by atoms with E-state index in [9.17, 15) is 39.9 Å². The third kappa shape index (κ3) is 2.82. The average Bonchev–Trinajstić information content (AvgIpc) is 2.82. The summed E-state index contributed by atoms with van der Waals surface area (Å²) in [6.45, 7) is 1.63. The molecular weight excluding hydrogens is 462 g/mol. The van der Waals surface area contributed by atoms with E-state index in [1.807, 2.05) is 0 Å². The van der Waals surface area contributed by atoms with Crippen molar-refractivity contribution in [3.8, 4) is 5.75 Å². The van der Waals surface area contributed by atoms with Gasteiger partial charge in [0.05, 0.1) is 11.7 Å². The number of benzene rings is 1. The van der Waals surface area contributed by atoms with Gasteiger partial charge in [0, 0.05) is 29.4 Å². The number of carbonyl (C=O) groups is 3. The van der Waals surface area contributed by atoms with Crippen molar-refractivity contribution in [2.45, 2.75) is 31.0 Å². The lowest BCUT2D eigenvalue weighted by molar-refractivity contribution is -0.154. The molecule has 182 valence electrons. The van der Waals surface area contributed by atoms with Gasteiger partial charge in [-0.25, -0.2) is 0 Å². The van der Waals surface area contributed by atoms with Crippen molar-refractivity contribution >= 4 is 23.2 Å². The predicted octanol–water partition coefficient (Wildman–Crippen LogP) is 0.929. The van der Waals surface area contributed by atoms with E-state index in [1.54, 1.807) is 6.92 Å². The second-order valence-electron chi connectivity index (χ2n) is 8.92. The fourth-order valence-corrected chi connectivity index (χ4v) is 5.68. The van der Waals surface area contributed by atoms with Gasteiger partial charge in [-0.3, -0.25) is 14.4 Å². The van der Waals surface area contributed by atoms with E-state index in [1.165, 1.54) is 30.9 Å². The molecule has 3 aliphatic carbocycles. The van der Waals surface area contributed by atoms with Crippen molar-refractivity contribution in [2.75, 3.05) is 0 Å². The summed E-state index contributed by atoms with van der Waals surface area (Å²) in [5, 5.41) is 54.6. The van der Waals surface area contributed by atoms with E-state index < -0.39 is 81.8 Å². The van der Waals surface area contributed by atoms with Gasteiger partial charge in [0.2, 0.25) is 5.78 Å². The molecule has 1 aliphatic heterocycles. The number of ketones is 2. The molecule has 0 bridgehead atoms. The summed E-state index contributed by atoms with van der Waals surface area (Å²) in [5.41, 5.74) is 1.38. The number of fused-ring (bicyclic) bond motifs is 3. The summed E-state index contributed by atoms with van der Waals surface area (Å²) in [6.07, 6.45) is 1.68. The number of amides is 1. The number of carbonyl (C=O) groups excluding carboxylic acids is 3. The topological polar surface area (TPSA) is 197 Å². The third-order valence-corrected chi connectivity index (χ3v) is 7.25. The van der Waals surface area contributed by atoms with E-state index in [0.717, 1.165) is 0 Å². The van der Waals surface area contributed by atoms with Crippen LogP contribution in [0.4, 0.5) is 0 Å². The minimum atomic E-state index is -2.88. The SMILES string of the molecule is C[C@H]1c2c(C3=COC=CO3)ccc(O)c2C(=O)C2=C(O)[C@]3(O)C(=O)C(C(N)=O)=C(O)C[C@@H]3[C@@H](O)[C@@H]21. The molecule has 1 aromatic carbocycles. The summed E-state index contributed by atoms with van der Waals surface area (Å²) in [4.78, 5) is 38.4. The Morgan fingerprint density at radius 2 is 1.89 bits per heavy atom. The maximum absolute atomic E-state index is 13.6. The van der Waals surface area contributed by atoms with Crippen molar-refractivity contribution in [1.82, 2.24) is 0 Å². The van der Waals surface area contributed by atoms with Crippen LogP contribution >= 0.6 is 0 Å². The number of aromatic hydroxyl groups is 1. The lowest BCUT2D eigenvalue weighted by Crippen LogP contribution is -2.62. The Hall–Kier alpha value is -4.09. The molecule has 7 N–H and O–H groups in total. The standard InChI is InChI=1S/C24H21NO10/c1-8-14-9(13-7-34-4-5-35-13)2-3-11(26)16(14)20(29)18-15(8)19(28)10-6-12(27)17(23(25)32)21(30)24(10,33)22(18)31/h2-5,7-8,10,15,19,26-28,31,33H,6H2,1H3,(H2,25,32)/t8-,10+,15+,19+,24+/m0/s1. The minimum Gasteiger partial charge on any atom is -0.511 e. The van der Waals surface area contributed by atoms with Gasteiger partial charge in [-0.1, -0.05) is 6.92 Å². The summed E-state index contributed by atoms with van der Waals surface area (Å²) >= 11 is 0. The van der Waals surface area contributed by atoms with Gasteiger partial charge >= 0.3 is 0 Å². The van der Waals surface area contributed by atoms with E-state index in [2.05, 4.69) is 0 Å². The molecule has 0 fully saturated rings. The first-order valence-electron chi connectivity index (χ1n) is 10.7. The van der Waals surface area contributed by atoms with Gasteiger partial charge in [-0.2, -0.15) is 0 Å². The molecule has 0 saturated heterocycles. The number of phenolic OH excluding ortho intramolecular Hbond substituents is 1. The Bertz CT molecular complexity index is 1340. The van der Waals surface area contributed by atoms with Crippen LogP contribution in [0.1, 0.15) is 40.7 Å². The van der Waals surface area contributed by atoms with Crippen molar-refractivity contribution in [2.24, 2.45) is 17.6 Å². The molecular formula is C24H21NO10. The number of hydrogen-bond donors (Lipinski definition) is 6. The van der Waals surface area contributed by atoms with Gasteiger partial charge in [0.25, 0.3) is 5.91 Å². The van der Waals surface area contributed by atoms with Gasteiger partial charge < -0.3 is 40.7 Å². The smallest absolute Gasteiger partial charge is 0.255 e. The second-order valence-corrected chi connectivity index (χ2v) is 8.92. The monoisotopic (exact) mass is 483 g/mol. The fraction of sp³-hybridized carbons (Fsp3) is 0.292. The molecule has 0 aromatic heterocycles. The maximum atomic E-state index is 13.6. The number of hydrogen-bond acceptors (Lipinski definition) is 10. The second kappa shape index (κ2) is 7.45. The lowest BCUT2D eigenvalue weighted by Gasteiger charge is -2.50. The van der Waals surface area contributed by atoms with Crippen LogP contribution in [0.25, 0.3) is 5.76 Å².